The van der Waals surface area contributed by atoms with E-state index in [0.717, 1.165) is 6.42 Å². The third-order valence-electron chi connectivity index (χ3n) is 4.08. The molecule has 2 aliphatic carbocycles. The highest BCUT2D eigenvalue weighted by molar-refractivity contribution is 5.94. The number of carbonyl (C=O) groups excluding carboxylic acids is 1. The molecule has 1 aromatic carbocycles. The first-order chi connectivity index (χ1) is 8.18. The molecule has 0 aliphatic heterocycles. The Morgan fingerprint density at radius 1 is 1.29 bits per heavy atom. The predicted molar refractivity (Wildman–Crippen MR) is 61.4 cm³/mol. The molecule has 4 atom stereocenters. The van der Waals surface area contributed by atoms with E-state index >= 15 is 0 Å². The maximum atomic E-state index is 11.7. The Hall–Kier alpha value is -1.64. The molecule has 1 N–H and O–H groups in total. The van der Waals surface area contributed by atoms with Gasteiger partial charge in [0.2, 0.25) is 0 Å². The van der Waals surface area contributed by atoms with Gasteiger partial charge in [-0.05, 0) is 23.8 Å². The van der Waals surface area contributed by atoms with Crippen molar-refractivity contribution in [2.24, 2.45) is 23.7 Å². The van der Waals surface area contributed by atoms with Crippen LogP contribution in [0.1, 0.15) is 12.0 Å². The summed E-state index contributed by atoms with van der Waals surface area (Å²) in [4.78, 5) is 22.6. The number of fused-ring (bicyclic) bond motifs is 1. The molecule has 3 rings (SSSR count). The molecule has 0 radical (unpaired) electrons. The normalized spacial score (nSPS) is 34.5. The van der Waals surface area contributed by atoms with Crippen LogP contribution in [-0.2, 0) is 16.0 Å². The van der Waals surface area contributed by atoms with Gasteiger partial charge in [-0.25, -0.2) is 0 Å². The molecule has 0 spiro atoms. The molecule has 1 aromatic rings. The third-order valence-corrected chi connectivity index (χ3v) is 4.08. The van der Waals surface area contributed by atoms with E-state index in [-0.39, 0.29) is 23.5 Å². The van der Waals surface area contributed by atoms with Crippen molar-refractivity contribution in [3.63, 3.8) is 0 Å². The van der Waals surface area contributed by atoms with Gasteiger partial charge in [0.15, 0.2) is 0 Å². The number of carboxylic acid groups (broad SMARTS) is 1. The van der Waals surface area contributed by atoms with Crippen molar-refractivity contribution in [1.29, 1.82) is 0 Å². The second kappa shape index (κ2) is 3.69. The molecule has 2 saturated carbocycles. The van der Waals surface area contributed by atoms with Crippen LogP contribution in [0.4, 0.5) is 0 Å². The third kappa shape index (κ3) is 1.66. The number of hydrogen-bond donors (Lipinski definition) is 1. The zero-order valence-corrected chi connectivity index (χ0v) is 9.37. The lowest BCUT2D eigenvalue weighted by molar-refractivity contribution is -0.140. The number of aliphatic carboxylic acids is 1. The molecule has 4 unspecified atom stereocenters. The minimum absolute atomic E-state index is 0.0974. The zero-order valence-electron chi connectivity index (χ0n) is 9.37. The number of Topliss-reactive ketones (excluding diaryl/α,β-unsaturated/α-hetero) is 1. The van der Waals surface area contributed by atoms with Gasteiger partial charge in [0.1, 0.15) is 5.78 Å². The highest BCUT2D eigenvalue weighted by Gasteiger charge is 2.65. The number of hydrogen-bond acceptors (Lipinski definition) is 2. The maximum Gasteiger partial charge on any atom is 0.307 e. The molecule has 0 amide bonds. The van der Waals surface area contributed by atoms with Crippen molar-refractivity contribution < 1.29 is 14.7 Å². The lowest BCUT2D eigenvalue weighted by atomic mass is 9.92. The molecule has 88 valence electrons. The Morgan fingerprint density at radius 3 is 2.59 bits per heavy atom. The molecule has 17 heavy (non-hydrogen) atoms. The Balaban J connectivity index is 1.74. The zero-order chi connectivity index (χ0) is 12.0. The number of benzene rings is 1. The van der Waals surface area contributed by atoms with Crippen LogP contribution in [0.15, 0.2) is 30.3 Å². The first-order valence-electron chi connectivity index (χ1n) is 5.98. The smallest absolute Gasteiger partial charge is 0.307 e. The minimum Gasteiger partial charge on any atom is -0.481 e. The molecular weight excluding hydrogens is 216 g/mol. The maximum absolute atomic E-state index is 11.7. The summed E-state index contributed by atoms with van der Waals surface area (Å²) in [6.07, 6.45) is 1.39. The van der Waals surface area contributed by atoms with Gasteiger partial charge in [0, 0.05) is 12.3 Å². The minimum atomic E-state index is -0.800. The van der Waals surface area contributed by atoms with Crippen LogP contribution in [0.3, 0.4) is 0 Å². The van der Waals surface area contributed by atoms with Crippen molar-refractivity contribution in [3.8, 4) is 0 Å². The number of carboxylic acids is 1. The van der Waals surface area contributed by atoms with Gasteiger partial charge >= 0.3 is 5.97 Å². The van der Waals surface area contributed by atoms with Crippen molar-refractivity contribution >= 4 is 11.8 Å². The Kier molecular flexibility index (Phi) is 2.28. The molecule has 0 bridgehead atoms. The summed E-state index contributed by atoms with van der Waals surface area (Å²) >= 11 is 0. The summed E-state index contributed by atoms with van der Waals surface area (Å²) in [5.74, 6) is -0.892. The second-order valence-electron chi connectivity index (χ2n) is 5.09. The molecule has 0 saturated heterocycles. The molecular formula is C14H14O3. The monoisotopic (exact) mass is 230 g/mol. The van der Waals surface area contributed by atoms with E-state index < -0.39 is 11.9 Å². The average Bonchev–Trinajstić information content (AvgIpc) is 2.97. The second-order valence-corrected chi connectivity index (χ2v) is 5.09. The molecule has 2 aliphatic rings. The van der Waals surface area contributed by atoms with E-state index in [1.807, 2.05) is 30.3 Å². The van der Waals surface area contributed by atoms with Gasteiger partial charge in [-0.3, -0.25) is 9.59 Å². The SMILES string of the molecule is O=C(O)C1C2C(=O)CC(Cc3ccccc3)C12. The van der Waals surface area contributed by atoms with E-state index in [0.29, 0.717) is 6.42 Å². The van der Waals surface area contributed by atoms with Crippen LogP contribution in [0.2, 0.25) is 0 Å². The van der Waals surface area contributed by atoms with Crippen molar-refractivity contribution in [1.82, 2.24) is 0 Å². The number of ketones is 1. The van der Waals surface area contributed by atoms with Crippen LogP contribution in [-0.4, -0.2) is 16.9 Å². The van der Waals surface area contributed by atoms with E-state index in [1.165, 1.54) is 5.56 Å². The van der Waals surface area contributed by atoms with Crippen LogP contribution >= 0.6 is 0 Å². The number of rotatable bonds is 3. The highest BCUT2D eigenvalue weighted by atomic mass is 16.4. The van der Waals surface area contributed by atoms with E-state index in [2.05, 4.69) is 0 Å². The van der Waals surface area contributed by atoms with Crippen LogP contribution in [0.5, 0.6) is 0 Å². The summed E-state index contributed by atoms with van der Waals surface area (Å²) in [5.41, 5.74) is 1.20. The Labute approximate surface area is 99.5 Å². The summed E-state index contributed by atoms with van der Waals surface area (Å²) in [6, 6.07) is 9.99. The highest BCUT2D eigenvalue weighted by Crippen LogP contribution is 2.59. The fourth-order valence-electron chi connectivity index (χ4n) is 3.31. The summed E-state index contributed by atoms with van der Waals surface area (Å²) < 4.78 is 0. The summed E-state index contributed by atoms with van der Waals surface area (Å²) in [6.45, 7) is 0. The molecule has 3 heteroatoms. The van der Waals surface area contributed by atoms with Gasteiger partial charge < -0.3 is 5.11 Å². The molecule has 3 nitrogen and oxygen atoms in total. The quantitative estimate of drug-likeness (QED) is 0.860. The average molecular weight is 230 g/mol. The van der Waals surface area contributed by atoms with Gasteiger partial charge in [0.25, 0.3) is 0 Å². The summed E-state index contributed by atoms with van der Waals surface area (Å²) in [7, 11) is 0. The van der Waals surface area contributed by atoms with Crippen LogP contribution < -0.4 is 0 Å². The number of carbonyl (C=O) groups is 2. The molecule has 0 aromatic heterocycles. The van der Waals surface area contributed by atoms with Gasteiger partial charge in [-0.1, -0.05) is 30.3 Å². The fourth-order valence-corrected chi connectivity index (χ4v) is 3.31. The first kappa shape index (κ1) is 10.5. The van der Waals surface area contributed by atoms with E-state index in [9.17, 15) is 9.59 Å². The van der Waals surface area contributed by atoms with Crippen molar-refractivity contribution in [2.75, 3.05) is 0 Å². The topological polar surface area (TPSA) is 54.4 Å². The fraction of sp³-hybridized carbons (Fsp3) is 0.429. The predicted octanol–water partition coefficient (Wildman–Crippen LogP) is 1.76. The first-order valence-corrected chi connectivity index (χ1v) is 5.98. The van der Waals surface area contributed by atoms with Crippen LogP contribution in [0.25, 0.3) is 0 Å². The molecule has 0 heterocycles. The standard InChI is InChI=1S/C14H14O3/c15-10-7-9(6-8-4-2-1-3-5-8)11-12(10)13(11)14(16)17/h1-5,9,11-13H,6-7H2,(H,16,17). The lowest BCUT2D eigenvalue weighted by Gasteiger charge is -2.12. The van der Waals surface area contributed by atoms with Gasteiger partial charge in [-0.15, -0.1) is 0 Å². The van der Waals surface area contributed by atoms with Crippen molar-refractivity contribution in [3.05, 3.63) is 35.9 Å². The Bertz CT molecular complexity index is 462. The van der Waals surface area contributed by atoms with Crippen LogP contribution in [0, 0.1) is 23.7 Å². The van der Waals surface area contributed by atoms with Gasteiger partial charge in [-0.2, -0.15) is 0 Å². The van der Waals surface area contributed by atoms with Crippen molar-refractivity contribution in [2.45, 2.75) is 12.8 Å². The summed E-state index contributed by atoms with van der Waals surface area (Å²) in [5, 5.41) is 9.01. The largest absolute Gasteiger partial charge is 0.481 e. The van der Waals surface area contributed by atoms with Gasteiger partial charge in [0.05, 0.1) is 5.92 Å². The lowest BCUT2D eigenvalue weighted by Crippen LogP contribution is -2.15. The van der Waals surface area contributed by atoms with E-state index in [1.54, 1.807) is 0 Å². The Morgan fingerprint density at radius 2 is 2.00 bits per heavy atom. The van der Waals surface area contributed by atoms with E-state index in [4.69, 9.17) is 5.11 Å². The molecule has 2 fully saturated rings.